The SMILES string of the molecule is O=C(C[C@@H]1C(=O)Nc2ccccc2N1C(=O)c1ccc([N+](=O)[O-])cc1)Nc1ccc(Br)cc1. The largest absolute Gasteiger partial charge is 0.326 e. The molecule has 4 rings (SSSR count). The van der Waals surface area contributed by atoms with Crippen LogP contribution in [0.15, 0.2) is 77.3 Å². The number of rotatable bonds is 5. The molecule has 3 amide bonds. The van der Waals surface area contributed by atoms with Crippen LogP contribution >= 0.6 is 15.9 Å². The topological polar surface area (TPSA) is 122 Å². The Morgan fingerprint density at radius 3 is 2.36 bits per heavy atom. The summed E-state index contributed by atoms with van der Waals surface area (Å²) in [6.45, 7) is 0. The van der Waals surface area contributed by atoms with Crippen molar-refractivity contribution in [3.05, 3.63) is 92.9 Å². The minimum Gasteiger partial charge on any atom is -0.326 e. The van der Waals surface area contributed by atoms with Crippen LogP contribution in [-0.4, -0.2) is 28.7 Å². The summed E-state index contributed by atoms with van der Waals surface area (Å²) in [4.78, 5) is 50.7. The number of halogens is 1. The lowest BCUT2D eigenvalue weighted by molar-refractivity contribution is -0.384. The maximum Gasteiger partial charge on any atom is 0.269 e. The average molecular weight is 509 g/mol. The predicted octanol–water partition coefficient (Wildman–Crippen LogP) is 4.35. The molecule has 0 radical (unpaired) electrons. The van der Waals surface area contributed by atoms with Crippen LogP contribution in [0.4, 0.5) is 22.7 Å². The van der Waals surface area contributed by atoms with Crippen molar-refractivity contribution >= 4 is 56.4 Å². The van der Waals surface area contributed by atoms with Gasteiger partial charge in [0.1, 0.15) is 6.04 Å². The van der Waals surface area contributed by atoms with Crippen LogP contribution in [0.1, 0.15) is 16.8 Å². The van der Waals surface area contributed by atoms with Gasteiger partial charge >= 0.3 is 0 Å². The number of non-ortho nitro benzene ring substituents is 1. The van der Waals surface area contributed by atoms with Crippen LogP contribution in [0.3, 0.4) is 0 Å². The molecule has 2 N–H and O–H groups in total. The van der Waals surface area contributed by atoms with Gasteiger partial charge in [0, 0.05) is 27.9 Å². The molecule has 0 saturated carbocycles. The predicted molar refractivity (Wildman–Crippen MR) is 126 cm³/mol. The van der Waals surface area contributed by atoms with E-state index >= 15 is 0 Å². The number of para-hydroxylation sites is 2. The Morgan fingerprint density at radius 2 is 1.70 bits per heavy atom. The van der Waals surface area contributed by atoms with Gasteiger partial charge in [0.15, 0.2) is 0 Å². The zero-order valence-electron chi connectivity index (χ0n) is 17.0. The summed E-state index contributed by atoms with van der Waals surface area (Å²) in [5.74, 6) is -1.50. The van der Waals surface area contributed by atoms with Gasteiger partial charge in [-0.15, -0.1) is 0 Å². The standard InChI is InChI=1S/C23H17BrN4O5/c24-15-7-9-16(10-8-15)25-21(29)13-20-22(30)26-18-3-1-2-4-19(18)27(20)23(31)14-5-11-17(12-6-14)28(32)33/h1-12,20H,13H2,(H,25,29)(H,26,30)/t20-/m1/s1. The normalized spacial score (nSPS) is 14.8. The second-order valence-corrected chi connectivity index (χ2v) is 8.18. The van der Waals surface area contributed by atoms with Crippen LogP contribution in [0.25, 0.3) is 0 Å². The fourth-order valence-electron chi connectivity index (χ4n) is 3.51. The molecule has 1 aliphatic heterocycles. The number of amides is 3. The van der Waals surface area contributed by atoms with Crippen molar-refractivity contribution in [3.8, 4) is 0 Å². The zero-order chi connectivity index (χ0) is 23.5. The van der Waals surface area contributed by atoms with E-state index in [0.29, 0.717) is 17.1 Å². The fraction of sp³-hybridized carbons (Fsp3) is 0.0870. The summed E-state index contributed by atoms with van der Waals surface area (Å²) in [6.07, 6.45) is -0.283. The van der Waals surface area contributed by atoms with Crippen LogP contribution < -0.4 is 15.5 Å². The van der Waals surface area contributed by atoms with Crippen molar-refractivity contribution in [3.63, 3.8) is 0 Å². The van der Waals surface area contributed by atoms with Crippen molar-refractivity contribution in [1.82, 2.24) is 0 Å². The van der Waals surface area contributed by atoms with E-state index in [1.807, 2.05) is 0 Å². The molecular weight excluding hydrogens is 492 g/mol. The highest BCUT2D eigenvalue weighted by atomic mass is 79.9. The van der Waals surface area contributed by atoms with Crippen molar-refractivity contribution in [2.75, 3.05) is 15.5 Å². The number of nitrogens with zero attached hydrogens (tertiary/aromatic N) is 2. The lowest BCUT2D eigenvalue weighted by Gasteiger charge is -2.36. The molecule has 1 atom stereocenters. The Labute approximate surface area is 196 Å². The maximum absolute atomic E-state index is 13.4. The maximum atomic E-state index is 13.4. The van der Waals surface area contributed by atoms with Crippen molar-refractivity contribution < 1.29 is 19.3 Å². The number of nitro groups is 1. The summed E-state index contributed by atoms with van der Waals surface area (Å²) < 4.78 is 0.851. The Balaban J connectivity index is 1.64. The number of carbonyl (C=O) groups is 3. The quantitative estimate of drug-likeness (QED) is 0.391. The van der Waals surface area contributed by atoms with Crippen molar-refractivity contribution in [1.29, 1.82) is 0 Å². The molecule has 166 valence electrons. The molecule has 3 aromatic carbocycles. The van der Waals surface area contributed by atoms with E-state index in [9.17, 15) is 24.5 Å². The van der Waals surface area contributed by atoms with Gasteiger partial charge < -0.3 is 10.6 Å². The Hall–Kier alpha value is -4.05. The first kappa shape index (κ1) is 22.2. The van der Waals surface area contributed by atoms with E-state index < -0.39 is 28.7 Å². The third kappa shape index (κ3) is 4.75. The fourth-order valence-corrected chi connectivity index (χ4v) is 3.78. The number of carbonyl (C=O) groups excluding carboxylic acids is 3. The first-order valence-electron chi connectivity index (χ1n) is 9.87. The zero-order valence-corrected chi connectivity index (χ0v) is 18.6. The average Bonchev–Trinajstić information content (AvgIpc) is 2.80. The summed E-state index contributed by atoms with van der Waals surface area (Å²) in [5, 5.41) is 16.4. The Kier molecular flexibility index (Phi) is 6.18. The molecule has 0 fully saturated rings. The number of benzene rings is 3. The number of hydrogen-bond donors (Lipinski definition) is 2. The number of nitro benzene ring substituents is 1. The lowest BCUT2D eigenvalue weighted by atomic mass is 10.0. The van der Waals surface area contributed by atoms with Gasteiger partial charge in [-0.2, -0.15) is 0 Å². The van der Waals surface area contributed by atoms with E-state index in [4.69, 9.17) is 0 Å². The Morgan fingerprint density at radius 1 is 1.03 bits per heavy atom. The van der Waals surface area contributed by atoms with Crippen LogP contribution in [0.2, 0.25) is 0 Å². The molecule has 0 aliphatic carbocycles. The lowest BCUT2D eigenvalue weighted by Crippen LogP contribution is -2.52. The Bertz CT molecular complexity index is 1240. The van der Waals surface area contributed by atoms with E-state index in [0.717, 1.165) is 4.47 Å². The van der Waals surface area contributed by atoms with Gasteiger partial charge in [0.2, 0.25) is 11.8 Å². The van der Waals surface area contributed by atoms with Crippen molar-refractivity contribution in [2.45, 2.75) is 12.5 Å². The molecule has 0 aromatic heterocycles. The van der Waals surface area contributed by atoms with Gasteiger partial charge in [0.25, 0.3) is 11.6 Å². The molecule has 33 heavy (non-hydrogen) atoms. The molecule has 9 nitrogen and oxygen atoms in total. The highest BCUT2D eigenvalue weighted by Gasteiger charge is 2.38. The highest BCUT2D eigenvalue weighted by Crippen LogP contribution is 2.34. The van der Waals surface area contributed by atoms with E-state index in [-0.39, 0.29) is 17.7 Å². The van der Waals surface area contributed by atoms with Crippen molar-refractivity contribution in [2.24, 2.45) is 0 Å². The highest BCUT2D eigenvalue weighted by molar-refractivity contribution is 9.10. The van der Waals surface area contributed by atoms with Gasteiger partial charge in [-0.25, -0.2) is 0 Å². The molecule has 0 spiro atoms. The van der Waals surface area contributed by atoms with Crippen LogP contribution in [0.5, 0.6) is 0 Å². The van der Waals surface area contributed by atoms with Gasteiger partial charge in [-0.1, -0.05) is 28.1 Å². The minimum atomic E-state index is -1.11. The minimum absolute atomic E-state index is 0.156. The van der Waals surface area contributed by atoms with Gasteiger partial charge in [-0.05, 0) is 48.5 Å². The second kappa shape index (κ2) is 9.21. The third-order valence-corrected chi connectivity index (χ3v) is 5.62. The van der Waals surface area contributed by atoms with E-state index in [1.165, 1.54) is 29.2 Å². The van der Waals surface area contributed by atoms with Gasteiger partial charge in [-0.3, -0.25) is 29.4 Å². The number of fused-ring (bicyclic) bond motifs is 1. The molecular formula is C23H17BrN4O5. The third-order valence-electron chi connectivity index (χ3n) is 5.09. The number of nitrogens with one attached hydrogen (secondary N) is 2. The van der Waals surface area contributed by atoms with Gasteiger partial charge in [0.05, 0.1) is 22.7 Å². The molecule has 0 unspecified atom stereocenters. The molecule has 0 saturated heterocycles. The monoisotopic (exact) mass is 508 g/mol. The van der Waals surface area contributed by atoms with Crippen LogP contribution in [0, 0.1) is 10.1 Å². The first-order chi connectivity index (χ1) is 15.8. The summed E-state index contributed by atoms with van der Waals surface area (Å²) in [7, 11) is 0. The second-order valence-electron chi connectivity index (χ2n) is 7.26. The number of anilines is 3. The number of hydrogen-bond acceptors (Lipinski definition) is 5. The molecule has 3 aromatic rings. The molecule has 1 heterocycles. The van der Waals surface area contributed by atoms with Crippen LogP contribution in [-0.2, 0) is 9.59 Å². The molecule has 10 heteroatoms. The summed E-state index contributed by atoms with van der Waals surface area (Å²) in [6, 6.07) is 17.7. The summed E-state index contributed by atoms with van der Waals surface area (Å²) in [5.41, 5.74) is 1.41. The smallest absolute Gasteiger partial charge is 0.269 e. The molecule has 1 aliphatic rings. The van der Waals surface area contributed by atoms with E-state index in [2.05, 4.69) is 26.6 Å². The first-order valence-corrected chi connectivity index (χ1v) is 10.7. The van der Waals surface area contributed by atoms with E-state index in [1.54, 1.807) is 48.5 Å². The molecule has 0 bridgehead atoms. The summed E-state index contributed by atoms with van der Waals surface area (Å²) >= 11 is 3.33.